The second-order valence-corrected chi connectivity index (χ2v) is 6.91. The van der Waals surface area contributed by atoms with E-state index >= 15 is 0 Å². The zero-order valence-corrected chi connectivity index (χ0v) is 12.7. The van der Waals surface area contributed by atoms with Gasteiger partial charge in [0.1, 0.15) is 0 Å². The molecule has 2 aromatic rings. The average Bonchev–Trinajstić information content (AvgIpc) is 2.52. The average molecular weight is 351 g/mol. The number of aromatic nitrogens is 3. The molecule has 2 rings (SSSR count). The third kappa shape index (κ3) is 3.16. The predicted molar refractivity (Wildman–Crippen MR) is 75.5 cm³/mol. The lowest BCUT2D eigenvalue weighted by molar-refractivity contribution is 0.579. The van der Waals surface area contributed by atoms with Gasteiger partial charge in [-0.15, -0.1) is 0 Å². The summed E-state index contributed by atoms with van der Waals surface area (Å²) in [7, 11) is -3.19. The lowest BCUT2D eigenvalue weighted by atomic mass is 10.4. The third-order valence-corrected chi connectivity index (χ3v) is 3.76. The van der Waals surface area contributed by atoms with Gasteiger partial charge < -0.3 is 9.55 Å². The van der Waals surface area contributed by atoms with E-state index in [-0.39, 0.29) is 6.54 Å². The molecule has 0 aliphatic rings. The van der Waals surface area contributed by atoms with Crippen LogP contribution in [-0.4, -0.2) is 35.8 Å². The first-order chi connectivity index (χ1) is 8.37. The molecule has 0 aromatic carbocycles. The van der Waals surface area contributed by atoms with E-state index in [1.165, 1.54) is 0 Å². The summed E-state index contributed by atoms with van der Waals surface area (Å²) < 4.78 is 27.5. The van der Waals surface area contributed by atoms with Crippen molar-refractivity contribution in [3.05, 3.63) is 21.5 Å². The molecule has 6 nitrogen and oxygen atoms in total. The molecule has 0 amide bonds. The molecule has 0 fully saturated rings. The minimum absolute atomic E-state index is 0.276. The minimum Gasteiger partial charge on any atom is -0.329 e. The fourth-order valence-electron chi connectivity index (χ4n) is 1.57. The van der Waals surface area contributed by atoms with Crippen LogP contribution in [0.2, 0.25) is 0 Å². The van der Waals surface area contributed by atoms with E-state index < -0.39 is 10.0 Å². The van der Waals surface area contributed by atoms with Crippen LogP contribution in [0.1, 0.15) is 0 Å². The molecule has 2 aromatic heterocycles. The predicted octanol–water partition coefficient (Wildman–Crippen LogP) is 1.41. The van der Waals surface area contributed by atoms with Crippen molar-refractivity contribution in [1.29, 1.82) is 0 Å². The molecule has 0 aliphatic heterocycles. The highest BCUT2D eigenvalue weighted by Gasteiger charge is 2.07. The molecule has 2 N–H and O–H groups in total. The molecule has 0 radical (unpaired) electrons. The number of hydrogen-bond acceptors (Lipinski definition) is 4. The highest BCUT2D eigenvalue weighted by molar-refractivity contribution is 9.10. The number of pyridine rings is 1. The molecule has 98 valence electrons. The van der Waals surface area contributed by atoms with E-state index in [9.17, 15) is 8.42 Å². The minimum atomic E-state index is -3.19. The Morgan fingerprint density at radius 1 is 1.61 bits per heavy atom. The van der Waals surface area contributed by atoms with Crippen molar-refractivity contribution in [2.45, 2.75) is 6.54 Å². The Bertz CT molecular complexity index is 735. The van der Waals surface area contributed by atoms with Gasteiger partial charge in [-0.1, -0.05) is 0 Å². The molecule has 0 unspecified atom stereocenters. The number of fused-ring (bicyclic) bond motifs is 1. The van der Waals surface area contributed by atoms with Crippen LogP contribution in [0.4, 0.5) is 0 Å². The molecule has 0 aliphatic carbocycles. The number of rotatable bonds is 4. The lowest BCUT2D eigenvalue weighted by Gasteiger charge is -2.04. The number of nitrogens with one attached hydrogen (secondary N) is 2. The van der Waals surface area contributed by atoms with Crippen LogP contribution < -0.4 is 4.72 Å². The second-order valence-electron chi connectivity index (χ2n) is 3.77. The standard InChI is InChI=1S/C9H11BrN4O2S2/c1-18(15,16)12-2-3-14-8-7(13-9(14)17)4-6(10)5-11-8/h4-5,12H,2-3H2,1H3,(H,13,17). The van der Waals surface area contributed by atoms with E-state index in [0.29, 0.717) is 17.0 Å². The Morgan fingerprint density at radius 2 is 2.33 bits per heavy atom. The first-order valence-corrected chi connectivity index (χ1v) is 8.15. The summed E-state index contributed by atoms with van der Waals surface area (Å²) >= 11 is 8.51. The molecule has 2 heterocycles. The Balaban J connectivity index is 2.28. The summed E-state index contributed by atoms with van der Waals surface area (Å²) in [6.07, 6.45) is 2.79. The van der Waals surface area contributed by atoms with E-state index in [1.54, 1.807) is 10.8 Å². The SMILES string of the molecule is CS(=O)(=O)NCCn1c(=S)[nH]c2cc(Br)cnc21. The summed E-state index contributed by atoms with van der Waals surface area (Å²) in [6, 6.07) is 1.87. The summed E-state index contributed by atoms with van der Waals surface area (Å²) in [6.45, 7) is 0.707. The van der Waals surface area contributed by atoms with E-state index in [4.69, 9.17) is 12.2 Å². The molecule has 0 atom stereocenters. The normalized spacial score (nSPS) is 12.1. The van der Waals surface area contributed by atoms with Gasteiger partial charge in [0.05, 0.1) is 11.8 Å². The molecule has 0 bridgehead atoms. The first-order valence-electron chi connectivity index (χ1n) is 5.05. The Morgan fingerprint density at radius 3 is 3.00 bits per heavy atom. The van der Waals surface area contributed by atoms with Crippen LogP contribution in [0, 0.1) is 4.77 Å². The Kier molecular flexibility index (Phi) is 3.85. The zero-order chi connectivity index (χ0) is 13.3. The topological polar surface area (TPSA) is 79.8 Å². The number of hydrogen-bond donors (Lipinski definition) is 2. The van der Waals surface area contributed by atoms with Crippen LogP contribution in [0.5, 0.6) is 0 Å². The monoisotopic (exact) mass is 350 g/mol. The van der Waals surface area contributed by atoms with E-state index in [1.807, 2.05) is 6.07 Å². The fraction of sp³-hybridized carbons (Fsp3) is 0.333. The van der Waals surface area contributed by atoms with Gasteiger partial charge in [-0.2, -0.15) is 0 Å². The Hall–Kier alpha value is -0.770. The van der Waals surface area contributed by atoms with E-state index in [2.05, 4.69) is 30.6 Å². The second kappa shape index (κ2) is 5.08. The van der Waals surface area contributed by atoms with Gasteiger partial charge in [-0.3, -0.25) is 0 Å². The smallest absolute Gasteiger partial charge is 0.208 e. The maximum atomic E-state index is 11.0. The van der Waals surface area contributed by atoms with Crippen molar-refractivity contribution in [1.82, 2.24) is 19.3 Å². The molecule has 0 saturated carbocycles. The van der Waals surface area contributed by atoms with Crippen LogP contribution in [0.25, 0.3) is 11.2 Å². The van der Waals surface area contributed by atoms with Crippen molar-refractivity contribution in [2.24, 2.45) is 0 Å². The number of aromatic amines is 1. The molecular weight excluding hydrogens is 340 g/mol. The number of imidazole rings is 1. The highest BCUT2D eigenvalue weighted by Crippen LogP contribution is 2.16. The third-order valence-electron chi connectivity index (χ3n) is 2.28. The number of halogens is 1. The van der Waals surface area contributed by atoms with Crippen LogP contribution in [0.15, 0.2) is 16.7 Å². The van der Waals surface area contributed by atoms with Gasteiger partial charge in [-0.05, 0) is 34.2 Å². The number of H-pyrrole nitrogens is 1. The zero-order valence-electron chi connectivity index (χ0n) is 9.47. The molecule has 18 heavy (non-hydrogen) atoms. The van der Waals surface area contributed by atoms with Crippen LogP contribution in [-0.2, 0) is 16.6 Å². The van der Waals surface area contributed by atoms with Crippen LogP contribution in [0.3, 0.4) is 0 Å². The number of sulfonamides is 1. The quantitative estimate of drug-likeness (QED) is 0.817. The van der Waals surface area contributed by atoms with Gasteiger partial charge in [0.2, 0.25) is 10.0 Å². The van der Waals surface area contributed by atoms with Gasteiger partial charge in [0, 0.05) is 23.8 Å². The van der Waals surface area contributed by atoms with E-state index in [0.717, 1.165) is 16.2 Å². The van der Waals surface area contributed by atoms with Crippen LogP contribution >= 0.6 is 28.1 Å². The van der Waals surface area contributed by atoms with Crippen molar-refractivity contribution in [3.8, 4) is 0 Å². The summed E-state index contributed by atoms with van der Waals surface area (Å²) in [4.78, 5) is 7.28. The summed E-state index contributed by atoms with van der Waals surface area (Å²) in [5, 5.41) is 0. The lowest BCUT2D eigenvalue weighted by Crippen LogP contribution is -2.26. The maximum Gasteiger partial charge on any atom is 0.208 e. The first kappa shape index (κ1) is 13.7. The molecule has 9 heteroatoms. The van der Waals surface area contributed by atoms with Gasteiger partial charge in [-0.25, -0.2) is 18.1 Å². The van der Waals surface area contributed by atoms with Crippen molar-refractivity contribution in [2.75, 3.05) is 12.8 Å². The van der Waals surface area contributed by atoms with Gasteiger partial charge in [0.25, 0.3) is 0 Å². The molecular formula is C9H11BrN4O2S2. The van der Waals surface area contributed by atoms with Gasteiger partial charge >= 0.3 is 0 Å². The Labute approximate surface area is 118 Å². The van der Waals surface area contributed by atoms with Crippen molar-refractivity contribution >= 4 is 49.3 Å². The van der Waals surface area contributed by atoms with Crippen molar-refractivity contribution in [3.63, 3.8) is 0 Å². The number of nitrogens with zero attached hydrogens (tertiary/aromatic N) is 2. The van der Waals surface area contributed by atoms with Crippen molar-refractivity contribution < 1.29 is 8.42 Å². The molecule has 0 spiro atoms. The molecule has 0 saturated heterocycles. The summed E-state index contributed by atoms with van der Waals surface area (Å²) in [5.74, 6) is 0. The van der Waals surface area contributed by atoms with Gasteiger partial charge in [0.15, 0.2) is 10.4 Å². The summed E-state index contributed by atoms with van der Waals surface area (Å²) in [5.41, 5.74) is 1.52. The fourth-order valence-corrected chi connectivity index (χ4v) is 2.65. The highest BCUT2D eigenvalue weighted by atomic mass is 79.9. The maximum absolute atomic E-state index is 11.0. The largest absolute Gasteiger partial charge is 0.329 e.